The standard InChI is InChI=1S/C18H35N3O2/c1-19-12-14-21(15-13-19)11-5-3-4-6-16-7-9-17(10-8-16)20(2)18(22)23/h16-17H,3-15H2,1-2H3,(H,22,23). The average Bonchev–Trinajstić information content (AvgIpc) is 2.56. The van der Waals surface area contributed by atoms with Crippen LogP contribution < -0.4 is 0 Å². The molecule has 0 bridgehead atoms. The lowest BCUT2D eigenvalue weighted by molar-refractivity contribution is 0.117. The summed E-state index contributed by atoms with van der Waals surface area (Å²) in [7, 11) is 3.92. The first kappa shape index (κ1) is 18.5. The van der Waals surface area contributed by atoms with E-state index in [0.717, 1.165) is 18.8 Å². The zero-order chi connectivity index (χ0) is 16.7. The number of hydrogen-bond acceptors (Lipinski definition) is 3. The fraction of sp³-hybridized carbons (Fsp3) is 0.944. The molecule has 0 spiro atoms. The number of hydrogen-bond donors (Lipinski definition) is 1. The zero-order valence-corrected chi connectivity index (χ0v) is 15.0. The van der Waals surface area contributed by atoms with Crippen molar-refractivity contribution in [2.45, 2.75) is 57.4 Å². The summed E-state index contributed by atoms with van der Waals surface area (Å²) in [6, 6.07) is 0.251. The minimum absolute atomic E-state index is 0.251. The molecule has 23 heavy (non-hydrogen) atoms. The molecular formula is C18H35N3O2. The summed E-state index contributed by atoms with van der Waals surface area (Å²) >= 11 is 0. The predicted molar refractivity (Wildman–Crippen MR) is 93.9 cm³/mol. The van der Waals surface area contributed by atoms with Crippen molar-refractivity contribution in [3.05, 3.63) is 0 Å². The number of carbonyl (C=O) groups is 1. The maximum Gasteiger partial charge on any atom is 0.407 e. The Balaban J connectivity index is 1.49. The van der Waals surface area contributed by atoms with Crippen molar-refractivity contribution in [1.29, 1.82) is 0 Å². The highest BCUT2D eigenvalue weighted by molar-refractivity contribution is 5.64. The first-order chi connectivity index (χ1) is 11.1. The van der Waals surface area contributed by atoms with Gasteiger partial charge < -0.3 is 19.8 Å². The molecule has 1 aliphatic heterocycles. The third-order valence-electron chi connectivity index (χ3n) is 5.85. The minimum Gasteiger partial charge on any atom is -0.465 e. The van der Waals surface area contributed by atoms with E-state index in [1.165, 1.54) is 76.1 Å². The van der Waals surface area contributed by atoms with Crippen molar-refractivity contribution in [2.24, 2.45) is 5.92 Å². The molecule has 0 unspecified atom stereocenters. The maximum absolute atomic E-state index is 11.0. The number of amides is 1. The Kier molecular flexibility index (Phi) is 7.63. The normalized spacial score (nSPS) is 27.0. The molecule has 1 heterocycles. The number of carboxylic acid groups (broad SMARTS) is 1. The molecule has 2 fully saturated rings. The molecule has 5 heteroatoms. The Bertz CT molecular complexity index is 348. The van der Waals surface area contributed by atoms with E-state index in [2.05, 4.69) is 16.8 Å². The van der Waals surface area contributed by atoms with E-state index < -0.39 is 6.09 Å². The van der Waals surface area contributed by atoms with E-state index in [1.807, 2.05) is 0 Å². The fourth-order valence-corrected chi connectivity index (χ4v) is 3.99. The van der Waals surface area contributed by atoms with Gasteiger partial charge in [0.15, 0.2) is 0 Å². The van der Waals surface area contributed by atoms with Crippen LogP contribution in [0.25, 0.3) is 0 Å². The largest absolute Gasteiger partial charge is 0.465 e. The van der Waals surface area contributed by atoms with Crippen LogP contribution in [0.2, 0.25) is 0 Å². The van der Waals surface area contributed by atoms with Crippen molar-refractivity contribution < 1.29 is 9.90 Å². The first-order valence-electron chi connectivity index (χ1n) is 9.43. The predicted octanol–water partition coefficient (Wildman–Crippen LogP) is 2.96. The van der Waals surface area contributed by atoms with Crippen molar-refractivity contribution >= 4 is 6.09 Å². The zero-order valence-electron chi connectivity index (χ0n) is 15.0. The highest BCUT2D eigenvalue weighted by Crippen LogP contribution is 2.30. The van der Waals surface area contributed by atoms with E-state index in [9.17, 15) is 4.79 Å². The second kappa shape index (κ2) is 9.48. The number of nitrogens with zero attached hydrogens (tertiary/aromatic N) is 3. The Morgan fingerprint density at radius 3 is 2.30 bits per heavy atom. The van der Waals surface area contributed by atoms with Gasteiger partial charge in [0.05, 0.1) is 0 Å². The monoisotopic (exact) mass is 325 g/mol. The summed E-state index contributed by atoms with van der Waals surface area (Å²) in [6.45, 7) is 6.17. The summed E-state index contributed by atoms with van der Waals surface area (Å²) in [6.07, 6.45) is 9.11. The topological polar surface area (TPSA) is 47.0 Å². The van der Waals surface area contributed by atoms with Gasteiger partial charge in [-0.15, -0.1) is 0 Å². The molecule has 0 aromatic heterocycles. The second-order valence-electron chi connectivity index (χ2n) is 7.56. The van der Waals surface area contributed by atoms with Crippen LogP contribution in [0.5, 0.6) is 0 Å². The number of unbranched alkanes of at least 4 members (excludes halogenated alkanes) is 2. The van der Waals surface area contributed by atoms with E-state index in [1.54, 1.807) is 7.05 Å². The molecule has 1 saturated carbocycles. The third-order valence-corrected chi connectivity index (χ3v) is 5.85. The maximum atomic E-state index is 11.0. The Labute approximate surface area is 141 Å². The SMILES string of the molecule is CN1CCN(CCCCCC2CCC(N(C)C(=O)O)CC2)CC1. The van der Waals surface area contributed by atoms with Gasteiger partial charge in [0.25, 0.3) is 0 Å². The summed E-state index contributed by atoms with van der Waals surface area (Å²) < 4.78 is 0. The Morgan fingerprint density at radius 1 is 1.04 bits per heavy atom. The number of piperazine rings is 1. The molecule has 134 valence electrons. The molecule has 5 nitrogen and oxygen atoms in total. The van der Waals surface area contributed by atoms with Crippen LogP contribution in [0.3, 0.4) is 0 Å². The summed E-state index contributed by atoms with van der Waals surface area (Å²) in [5.74, 6) is 0.831. The van der Waals surface area contributed by atoms with Gasteiger partial charge in [-0.1, -0.05) is 19.3 Å². The van der Waals surface area contributed by atoms with Crippen molar-refractivity contribution in [3.8, 4) is 0 Å². The lowest BCUT2D eigenvalue weighted by atomic mass is 9.82. The van der Waals surface area contributed by atoms with Crippen molar-refractivity contribution in [2.75, 3.05) is 46.8 Å². The molecular weight excluding hydrogens is 290 g/mol. The summed E-state index contributed by atoms with van der Waals surface area (Å²) in [4.78, 5) is 17.5. The van der Waals surface area contributed by atoms with Crippen LogP contribution in [0, 0.1) is 5.92 Å². The van der Waals surface area contributed by atoms with Crippen LogP contribution >= 0.6 is 0 Å². The number of rotatable bonds is 7. The average molecular weight is 325 g/mol. The molecule has 1 saturated heterocycles. The van der Waals surface area contributed by atoms with Crippen LogP contribution in [0.15, 0.2) is 0 Å². The van der Waals surface area contributed by atoms with Gasteiger partial charge in [-0.2, -0.15) is 0 Å². The van der Waals surface area contributed by atoms with Crippen LogP contribution in [-0.2, 0) is 0 Å². The Hall–Kier alpha value is -0.810. The van der Waals surface area contributed by atoms with E-state index >= 15 is 0 Å². The lowest BCUT2D eigenvalue weighted by Gasteiger charge is -2.33. The van der Waals surface area contributed by atoms with Gasteiger partial charge in [-0.3, -0.25) is 0 Å². The van der Waals surface area contributed by atoms with E-state index in [-0.39, 0.29) is 6.04 Å². The van der Waals surface area contributed by atoms with Crippen LogP contribution in [0.4, 0.5) is 4.79 Å². The minimum atomic E-state index is -0.780. The van der Waals surface area contributed by atoms with Crippen LogP contribution in [-0.4, -0.2) is 78.8 Å². The highest BCUT2D eigenvalue weighted by Gasteiger charge is 2.25. The van der Waals surface area contributed by atoms with Gasteiger partial charge in [0, 0.05) is 39.3 Å². The summed E-state index contributed by atoms with van der Waals surface area (Å²) in [5, 5.41) is 9.04. The van der Waals surface area contributed by atoms with Crippen molar-refractivity contribution in [1.82, 2.24) is 14.7 Å². The van der Waals surface area contributed by atoms with Gasteiger partial charge in [0.1, 0.15) is 0 Å². The Morgan fingerprint density at radius 2 is 1.70 bits per heavy atom. The molecule has 1 amide bonds. The molecule has 0 aromatic rings. The van der Waals surface area contributed by atoms with Gasteiger partial charge in [0.2, 0.25) is 0 Å². The molecule has 0 radical (unpaired) electrons. The van der Waals surface area contributed by atoms with E-state index in [0.29, 0.717) is 0 Å². The fourth-order valence-electron chi connectivity index (χ4n) is 3.99. The summed E-state index contributed by atoms with van der Waals surface area (Å²) in [5.41, 5.74) is 0. The van der Waals surface area contributed by atoms with Gasteiger partial charge in [-0.25, -0.2) is 4.79 Å². The molecule has 0 atom stereocenters. The van der Waals surface area contributed by atoms with Gasteiger partial charge in [-0.05, 0) is 51.6 Å². The first-order valence-corrected chi connectivity index (χ1v) is 9.43. The molecule has 1 N–H and O–H groups in total. The number of likely N-dealkylation sites (N-methyl/N-ethyl adjacent to an activating group) is 1. The lowest BCUT2D eigenvalue weighted by Crippen LogP contribution is -2.44. The van der Waals surface area contributed by atoms with Gasteiger partial charge >= 0.3 is 6.09 Å². The van der Waals surface area contributed by atoms with E-state index in [4.69, 9.17) is 5.11 Å². The van der Waals surface area contributed by atoms with Crippen molar-refractivity contribution in [3.63, 3.8) is 0 Å². The molecule has 1 aliphatic carbocycles. The second-order valence-corrected chi connectivity index (χ2v) is 7.56. The van der Waals surface area contributed by atoms with Crippen LogP contribution in [0.1, 0.15) is 51.4 Å². The molecule has 2 aliphatic rings. The quantitative estimate of drug-likeness (QED) is 0.731. The highest BCUT2D eigenvalue weighted by atomic mass is 16.4. The smallest absolute Gasteiger partial charge is 0.407 e. The third kappa shape index (κ3) is 6.30. The molecule has 0 aromatic carbocycles. The molecule has 2 rings (SSSR count).